The van der Waals surface area contributed by atoms with Gasteiger partial charge < -0.3 is 11.5 Å². The van der Waals surface area contributed by atoms with Gasteiger partial charge in [0.2, 0.25) is 11.8 Å². The lowest BCUT2D eigenvalue weighted by Crippen LogP contribution is -2.58. The highest BCUT2D eigenvalue weighted by Gasteiger charge is 2.53. The van der Waals surface area contributed by atoms with E-state index >= 15 is 0 Å². The first-order valence-electron chi connectivity index (χ1n) is 6.75. The fourth-order valence-electron chi connectivity index (χ4n) is 2.62. The number of hydrogen-bond donors (Lipinski definition) is 2. The van der Waals surface area contributed by atoms with E-state index in [0.717, 1.165) is 6.07 Å². The second-order valence-electron chi connectivity index (χ2n) is 6.09. The summed E-state index contributed by atoms with van der Waals surface area (Å²) in [6, 6.07) is 3.77. The molecule has 0 saturated carbocycles. The van der Waals surface area contributed by atoms with Crippen LogP contribution in [-0.4, -0.2) is 29.7 Å². The van der Waals surface area contributed by atoms with Gasteiger partial charge in [0.1, 0.15) is 11.4 Å². The van der Waals surface area contributed by atoms with Gasteiger partial charge in [-0.25, -0.2) is 9.38 Å². The minimum atomic E-state index is -1.25. The highest BCUT2D eigenvalue weighted by atomic mass is 19.1. The van der Waals surface area contributed by atoms with Crippen molar-refractivity contribution in [2.45, 2.75) is 26.3 Å². The van der Waals surface area contributed by atoms with Crippen LogP contribution in [-0.2, 0) is 10.3 Å². The maximum atomic E-state index is 14.4. The molecule has 4 N–H and O–H groups in total. The van der Waals surface area contributed by atoms with Gasteiger partial charge in [0.25, 0.3) is 0 Å². The number of amides is 2. The molecule has 0 unspecified atom stereocenters. The van der Waals surface area contributed by atoms with Crippen LogP contribution in [0.1, 0.15) is 36.7 Å². The van der Waals surface area contributed by atoms with Crippen LogP contribution in [0, 0.1) is 11.2 Å². The molecule has 2 rings (SSSR count). The average Bonchev–Trinajstić information content (AvgIpc) is 2.43. The van der Waals surface area contributed by atoms with E-state index in [2.05, 4.69) is 4.99 Å². The molecular weight excluding hydrogens is 287 g/mol. The predicted molar refractivity (Wildman–Crippen MR) is 80.4 cm³/mol. The van der Waals surface area contributed by atoms with Gasteiger partial charge in [-0.2, -0.15) is 0 Å². The molecular formula is C15H19FN4O2. The molecule has 0 fully saturated rings. The Hall–Kier alpha value is -2.44. The fraction of sp³-hybridized carbons (Fsp3) is 0.400. The van der Waals surface area contributed by atoms with Crippen LogP contribution in [0.15, 0.2) is 23.2 Å². The van der Waals surface area contributed by atoms with E-state index in [1.54, 1.807) is 20.8 Å². The fourth-order valence-corrected chi connectivity index (χ4v) is 2.62. The van der Waals surface area contributed by atoms with Gasteiger partial charge in [-0.15, -0.1) is 0 Å². The summed E-state index contributed by atoms with van der Waals surface area (Å²) in [7, 11) is 1.51. The number of carbonyl (C=O) groups is 2. The minimum absolute atomic E-state index is 0.00398. The first-order valence-corrected chi connectivity index (χ1v) is 6.75. The van der Waals surface area contributed by atoms with Gasteiger partial charge in [-0.3, -0.25) is 14.5 Å². The molecule has 0 bridgehead atoms. The zero-order valence-corrected chi connectivity index (χ0v) is 13.0. The van der Waals surface area contributed by atoms with Crippen molar-refractivity contribution in [1.29, 1.82) is 0 Å². The Morgan fingerprint density at radius 2 is 1.91 bits per heavy atom. The van der Waals surface area contributed by atoms with Crippen molar-refractivity contribution < 1.29 is 14.0 Å². The summed E-state index contributed by atoms with van der Waals surface area (Å²) < 4.78 is 14.4. The number of nitrogens with zero attached hydrogens (tertiary/aromatic N) is 2. The first-order chi connectivity index (χ1) is 10.0. The SMILES string of the molecule is CN1C(=O)C(C)(C)[C@@](C)(c2cc(C(N)=O)ccc2F)N=C1N. The number of halogens is 1. The number of aliphatic imine (C=N–C) groups is 1. The second kappa shape index (κ2) is 4.79. The molecule has 1 aromatic carbocycles. The molecule has 2 amide bonds. The third-order valence-electron chi connectivity index (χ3n) is 4.51. The number of guanidine groups is 1. The Kier molecular flexibility index (Phi) is 3.47. The normalized spacial score (nSPS) is 24.1. The number of nitrogens with two attached hydrogens (primary N) is 2. The quantitative estimate of drug-likeness (QED) is 0.850. The van der Waals surface area contributed by atoms with Crippen LogP contribution in [0.3, 0.4) is 0 Å². The van der Waals surface area contributed by atoms with E-state index in [4.69, 9.17) is 11.5 Å². The molecule has 0 aliphatic carbocycles. The zero-order valence-electron chi connectivity index (χ0n) is 13.0. The molecule has 1 atom stereocenters. The Morgan fingerprint density at radius 1 is 1.32 bits per heavy atom. The van der Waals surface area contributed by atoms with Gasteiger partial charge >= 0.3 is 0 Å². The summed E-state index contributed by atoms with van der Waals surface area (Å²) >= 11 is 0. The number of carbonyl (C=O) groups excluding carboxylic acids is 2. The highest BCUT2D eigenvalue weighted by molar-refractivity contribution is 6.01. The zero-order chi connectivity index (χ0) is 16.9. The molecule has 1 aliphatic rings. The molecule has 1 heterocycles. The van der Waals surface area contributed by atoms with E-state index < -0.39 is 22.7 Å². The van der Waals surface area contributed by atoms with Crippen LogP contribution in [0.4, 0.5) is 4.39 Å². The Labute approximate surface area is 128 Å². The third-order valence-corrected chi connectivity index (χ3v) is 4.51. The number of hydrogen-bond acceptors (Lipinski definition) is 4. The maximum absolute atomic E-state index is 14.4. The van der Waals surface area contributed by atoms with Gasteiger partial charge in [0, 0.05) is 18.2 Å². The molecule has 118 valence electrons. The van der Waals surface area contributed by atoms with Crippen LogP contribution in [0.25, 0.3) is 0 Å². The van der Waals surface area contributed by atoms with E-state index in [-0.39, 0.29) is 23.0 Å². The Balaban J connectivity index is 2.76. The number of rotatable bonds is 2. The Bertz CT molecular complexity index is 699. The van der Waals surface area contributed by atoms with Crippen molar-refractivity contribution >= 4 is 17.8 Å². The van der Waals surface area contributed by atoms with Gasteiger partial charge in [-0.05, 0) is 39.0 Å². The lowest BCUT2D eigenvalue weighted by Gasteiger charge is -2.46. The van der Waals surface area contributed by atoms with Gasteiger partial charge in [-0.1, -0.05) is 0 Å². The third kappa shape index (κ3) is 2.04. The summed E-state index contributed by atoms with van der Waals surface area (Å²) in [5.74, 6) is -1.55. The monoisotopic (exact) mass is 306 g/mol. The highest BCUT2D eigenvalue weighted by Crippen LogP contribution is 2.47. The van der Waals surface area contributed by atoms with Crippen molar-refractivity contribution in [3.8, 4) is 0 Å². The van der Waals surface area contributed by atoms with E-state index in [9.17, 15) is 14.0 Å². The summed E-state index contributed by atoms with van der Waals surface area (Å²) in [6.07, 6.45) is 0. The van der Waals surface area contributed by atoms with Crippen LogP contribution >= 0.6 is 0 Å². The molecule has 0 aromatic heterocycles. The molecule has 0 spiro atoms. The van der Waals surface area contributed by atoms with Crippen molar-refractivity contribution in [2.75, 3.05) is 7.05 Å². The number of primary amides is 1. The molecule has 1 aromatic rings. The molecule has 6 nitrogen and oxygen atoms in total. The smallest absolute Gasteiger partial charge is 0.248 e. The molecule has 1 aliphatic heterocycles. The van der Waals surface area contributed by atoms with Crippen molar-refractivity contribution in [3.63, 3.8) is 0 Å². The van der Waals surface area contributed by atoms with Crippen molar-refractivity contribution in [3.05, 3.63) is 35.1 Å². The Morgan fingerprint density at radius 3 is 2.45 bits per heavy atom. The van der Waals surface area contributed by atoms with E-state index in [0.29, 0.717) is 0 Å². The van der Waals surface area contributed by atoms with Gasteiger partial charge in [0.05, 0.1) is 5.41 Å². The lowest BCUT2D eigenvalue weighted by molar-refractivity contribution is -0.140. The molecule has 0 radical (unpaired) electrons. The molecule has 0 saturated heterocycles. The predicted octanol–water partition coefficient (Wildman–Crippen LogP) is 0.953. The minimum Gasteiger partial charge on any atom is -0.369 e. The second-order valence-corrected chi connectivity index (χ2v) is 6.09. The molecule has 22 heavy (non-hydrogen) atoms. The maximum Gasteiger partial charge on any atom is 0.248 e. The van der Waals surface area contributed by atoms with Crippen LogP contribution in [0.5, 0.6) is 0 Å². The summed E-state index contributed by atoms with van der Waals surface area (Å²) in [6.45, 7) is 4.95. The van der Waals surface area contributed by atoms with Crippen LogP contribution in [0.2, 0.25) is 0 Å². The lowest BCUT2D eigenvalue weighted by atomic mass is 9.67. The summed E-state index contributed by atoms with van der Waals surface area (Å²) in [5.41, 5.74) is 8.99. The summed E-state index contributed by atoms with van der Waals surface area (Å²) in [4.78, 5) is 29.5. The first kappa shape index (κ1) is 15.9. The number of benzene rings is 1. The summed E-state index contributed by atoms with van der Waals surface area (Å²) in [5, 5.41) is 0. The topological polar surface area (TPSA) is 102 Å². The van der Waals surface area contributed by atoms with E-state index in [1.807, 2.05) is 0 Å². The van der Waals surface area contributed by atoms with Gasteiger partial charge in [0.15, 0.2) is 5.96 Å². The van der Waals surface area contributed by atoms with Crippen LogP contribution < -0.4 is 11.5 Å². The average molecular weight is 306 g/mol. The largest absolute Gasteiger partial charge is 0.369 e. The molecule has 7 heteroatoms. The van der Waals surface area contributed by atoms with Crippen molar-refractivity contribution in [2.24, 2.45) is 21.9 Å². The van der Waals surface area contributed by atoms with E-state index in [1.165, 1.54) is 24.1 Å². The van der Waals surface area contributed by atoms with Crippen molar-refractivity contribution in [1.82, 2.24) is 4.90 Å². The standard InChI is InChI=1S/C15H19FN4O2/c1-14(2)12(22)20(4)13(18)19-15(14,3)9-7-8(11(17)21)5-6-10(9)16/h5-7H,1-4H3,(H2,17,21)(H2,18,19)/t15-/m1/s1.